The summed E-state index contributed by atoms with van der Waals surface area (Å²) in [7, 11) is -3.50. The molecule has 2 unspecified atom stereocenters. The maximum Gasteiger partial charge on any atom is 0.243 e. The topological polar surface area (TPSA) is 57.6 Å². The number of nitrogens with zero attached hydrogens (tertiary/aromatic N) is 1. The minimum atomic E-state index is -3.50. The van der Waals surface area contributed by atoms with E-state index in [1.165, 1.54) is 0 Å². The molecule has 150 valence electrons. The Morgan fingerprint density at radius 3 is 2.37 bits per heavy atom. The van der Waals surface area contributed by atoms with Gasteiger partial charge >= 0.3 is 0 Å². The Kier molecular flexibility index (Phi) is 6.72. The summed E-state index contributed by atoms with van der Waals surface area (Å²) in [4.78, 5) is 0.342. The second kappa shape index (κ2) is 8.29. The number of aliphatic hydroxyl groups excluding tert-OH is 1. The van der Waals surface area contributed by atoms with Gasteiger partial charge in [0.2, 0.25) is 10.0 Å². The first kappa shape index (κ1) is 21.9. The second-order valence-corrected chi connectivity index (χ2v) is 10.7. The van der Waals surface area contributed by atoms with Crippen LogP contribution >= 0.6 is 0 Å². The summed E-state index contributed by atoms with van der Waals surface area (Å²) in [5.41, 5.74) is 3.17. The molecule has 1 aliphatic rings. The summed E-state index contributed by atoms with van der Waals surface area (Å²) < 4.78 is 27.6. The summed E-state index contributed by atoms with van der Waals surface area (Å²) in [6, 6.07) is 7.01. The minimum Gasteiger partial charge on any atom is -0.392 e. The normalized spacial score (nSPS) is 20.4. The van der Waals surface area contributed by atoms with E-state index in [1.807, 2.05) is 59.8 Å². The van der Waals surface area contributed by atoms with E-state index in [-0.39, 0.29) is 11.3 Å². The number of allylic oxidation sites excluding steroid dienone is 1. The van der Waals surface area contributed by atoms with Crippen LogP contribution in [0.5, 0.6) is 0 Å². The molecule has 1 aromatic carbocycles. The largest absolute Gasteiger partial charge is 0.392 e. The fourth-order valence-electron chi connectivity index (χ4n) is 3.17. The maximum absolute atomic E-state index is 13.0. The Morgan fingerprint density at radius 1 is 1.26 bits per heavy atom. The zero-order chi connectivity index (χ0) is 20.4. The summed E-state index contributed by atoms with van der Waals surface area (Å²) >= 11 is 0. The SMILES string of the molecule is CC(C)=C1CN(S(=O)(=O)c2ccc(C)cc2)CC1/C=C/CC(O)C(C)(C)C. The molecule has 1 saturated heterocycles. The average molecular weight is 392 g/mol. The highest BCUT2D eigenvalue weighted by Gasteiger charge is 2.35. The van der Waals surface area contributed by atoms with Crippen molar-refractivity contribution in [1.29, 1.82) is 0 Å². The summed E-state index contributed by atoms with van der Waals surface area (Å²) in [5.74, 6) is 0.0578. The van der Waals surface area contributed by atoms with Crippen molar-refractivity contribution in [1.82, 2.24) is 4.31 Å². The number of aryl methyl sites for hydroxylation is 1. The molecular weight excluding hydrogens is 358 g/mol. The summed E-state index contributed by atoms with van der Waals surface area (Å²) in [5, 5.41) is 10.2. The Morgan fingerprint density at radius 2 is 1.85 bits per heavy atom. The van der Waals surface area contributed by atoms with Crippen molar-refractivity contribution in [2.75, 3.05) is 13.1 Å². The van der Waals surface area contributed by atoms with Crippen LogP contribution < -0.4 is 0 Å². The van der Waals surface area contributed by atoms with Gasteiger partial charge in [-0.3, -0.25) is 0 Å². The first-order valence-electron chi connectivity index (χ1n) is 9.50. The van der Waals surface area contributed by atoms with Crippen LogP contribution in [0.25, 0.3) is 0 Å². The van der Waals surface area contributed by atoms with Crippen molar-refractivity contribution >= 4 is 10.0 Å². The molecule has 5 heteroatoms. The van der Waals surface area contributed by atoms with E-state index >= 15 is 0 Å². The second-order valence-electron chi connectivity index (χ2n) is 8.79. The number of hydrogen-bond acceptors (Lipinski definition) is 3. The van der Waals surface area contributed by atoms with E-state index in [4.69, 9.17) is 0 Å². The number of benzene rings is 1. The van der Waals surface area contributed by atoms with Crippen molar-refractivity contribution in [3.8, 4) is 0 Å². The fourth-order valence-corrected chi connectivity index (χ4v) is 4.62. The van der Waals surface area contributed by atoms with Crippen LogP contribution in [-0.2, 0) is 10.0 Å². The molecule has 0 spiro atoms. The van der Waals surface area contributed by atoms with E-state index in [9.17, 15) is 13.5 Å². The van der Waals surface area contributed by atoms with Gasteiger partial charge in [0.05, 0.1) is 11.0 Å². The molecule has 1 N–H and O–H groups in total. The maximum atomic E-state index is 13.0. The molecule has 1 aliphatic heterocycles. The van der Waals surface area contributed by atoms with Crippen LogP contribution in [0.15, 0.2) is 52.5 Å². The minimum absolute atomic E-state index is 0.0578. The van der Waals surface area contributed by atoms with Crippen LogP contribution in [0.1, 0.15) is 46.6 Å². The van der Waals surface area contributed by atoms with E-state index in [0.29, 0.717) is 24.4 Å². The van der Waals surface area contributed by atoms with Gasteiger partial charge in [-0.25, -0.2) is 8.42 Å². The number of sulfonamides is 1. The van der Waals surface area contributed by atoms with Gasteiger partial charge < -0.3 is 5.11 Å². The first-order chi connectivity index (χ1) is 12.4. The van der Waals surface area contributed by atoms with Crippen LogP contribution in [-0.4, -0.2) is 37.0 Å². The lowest BCUT2D eigenvalue weighted by Gasteiger charge is -2.24. The molecule has 0 aromatic heterocycles. The van der Waals surface area contributed by atoms with E-state index < -0.39 is 16.1 Å². The third-order valence-corrected chi connectivity index (χ3v) is 7.05. The van der Waals surface area contributed by atoms with Gasteiger partial charge in [-0.05, 0) is 50.3 Å². The molecule has 2 atom stereocenters. The number of hydrogen-bond donors (Lipinski definition) is 1. The van der Waals surface area contributed by atoms with E-state index in [0.717, 1.165) is 16.7 Å². The summed E-state index contributed by atoms with van der Waals surface area (Å²) in [6.45, 7) is 12.9. The highest BCUT2D eigenvalue weighted by molar-refractivity contribution is 7.89. The molecule has 1 aromatic rings. The number of aliphatic hydroxyl groups is 1. The predicted octanol–water partition coefficient (Wildman–Crippen LogP) is 4.31. The Balaban J connectivity index is 2.19. The monoisotopic (exact) mass is 391 g/mol. The van der Waals surface area contributed by atoms with Gasteiger partial charge in [0.15, 0.2) is 0 Å². The van der Waals surface area contributed by atoms with Crippen molar-refractivity contribution in [3.05, 3.63) is 53.1 Å². The lowest BCUT2D eigenvalue weighted by atomic mass is 9.87. The smallest absolute Gasteiger partial charge is 0.243 e. The molecular formula is C22H33NO3S. The number of rotatable bonds is 5. The Labute approximate surface area is 164 Å². The molecule has 1 fully saturated rings. The van der Waals surface area contributed by atoms with Gasteiger partial charge in [0.25, 0.3) is 0 Å². The lowest BCUT2D eigenvalue weighted by molar-refractivity contribution is 0.0658. The van der Waals surface area contributed by atoms with Crippen LogP contribution in [0.2, 0.25) is 0 Å². The van der Waals surface area contributed by atoms with Crippen LogP contribution in [0.3, 0.4) is 0 Å². The average Bonchev–Trinajstić information content (AvgIpc) is 2.99. The molecule has 0 bridgehead atoms. The molecule has 4 nitrogen and oxygen atoms in total. The van der Waals surface area contributed by atoms with Gasteiger partial charge in [-0.2, -0.15) is 4.31 Å². The third-order valence-electron chi connectivity index (χ3n) is 5.22. The standard InChI is InChI=1S/C22H33NO3S/c1-16(2)20-15-23(27(25,26)19-12-10-17(3)11-13-19)14-18(20)8-7-9-21(24)22(4,5)6/h7-8,10-13,18,21,24H,9,14-15H2,1-6H3/b8-7+. The summed E-state index contributed by atoms with van der Waals surface area (Å²) in [6.07, 6.45) is 4.20. The Hall–Kier alpha value is -1.43. The molecule has 0 aliphatic carbocycles. The van der Waals surface area contributed by atoms with Crippen molar-refractivity contribution in [3.63, 3.8) is 0 Å². The quantitative estimate of drug-likeness (QED) is 0.761. The fraction of sp³-hybridized carbons (Fsp3) is 0.545. The van der Waals surface area contributed by atoms with Crippen LogP contribution in [0, 0.1) is 18.3 Å². The van der Waals surface area contributed by atoms with Crippen molar-refractivity contribution in [2.45, 2.75) is 59.0 Å². The van der Waals surface area contributed by atoms with Crippen molar-refractivity contribution in [2.24, 2.45) is 11.3 Å². The van der Waals surface area contributed by atoms with E-state index in [1.54, 1.807) is 16.4 Å². The zero-order valence-corrected chi connectivity index (χ0v) is 18.2. The molecule has 0 saturated carbocycles. The molecule has 1 heterocycles. The molecule has 0 amide bonds. The predicted molar refractivity (Wildman–Crippen MR) is 111 cm³/mol. The van der Waals surface area contributed by atoms with E-state index in [2.05, 4.69) is 6.08 Å². The molecule has 2 rings (SSSR count). The zero-order valence-electron chi connectivity index (χ0n) is 17.4. The van der Waals surface area contributed by atoms with Gasteiger partial charge in [-0.15, -0.1) is 0 Å². The van der Waals surface area contributed by atoms with Gasteiger partial charge in [-0.1, -0.05) is 56.2 Å². The highest BCUT2D eigenvalue weighted by atomic mass is 32.2. The van der Waals surface area contributed by atoms with Gasteiger partial charge in [0.1, 0.15) is 0 Å². The third kappa shape index (κ3) is 5.31. The highest BCUT2D eigenvalue weighted by Crippen LogP contribution is 2.32. The molecule has 27 heavy (non-hydrogen) atoms. The van der Waals surface area contributed by atoms with Crippen LogP contribution in [0.4, 0.5) is 0 Å². The van der Waals surface area contributed by atoms with Gasteiger partial charge in [0, 0.05) is 19.0 Å². The lowest BCUT2D eigenvalue weighted by Crippen LogP contribution is -2.28. The first-order valence-corrected chi connectivity index (χ1v) is 10.9. The van der Waals surface area contributed by atoms with Crippen molar-refractivity contribution < 1.29 is 13.5 Å². The molecule has 0 radical (unpaired) electrons. The Bertz CT molecular complexity index is 810.